The van der Waals surface area contributed by atoms with E-state index in [0.29, 0.717) is 11.3 Å². The summed E-state index contributed by atoms with van der Waals surface area (Å²) in [5.41, 5.74) is 1.49. The van der Waals surface area contributed by atoms with Crippen LogP contribution in [0.4, 0.5) is 0 Å². The van der Waals surface area contributed by atoms with Crippen molar-refractivity contribution < 1.29 is 25.8 Å². The van der Waals surface area contributed by atoms with Crippen LogP contribution in [-0.4, -0.2) is 30.2 Å². The minimum Gasteiger partial charge on any atom is -0.497 e. The molecule has 31 heavy (non-hydrogen) atoms. The molecular formula is C21H20N2O6S2. The highest BCUT2D eigenvalue weighted by Gasteiger charge is 2.16. The van der Waals surface area contributed by atoms with E-state index in [-0.39, 0.29) is 15.5 Å². The van der Waals surface area contributed by atoms with Crippen LogP contribution in [0.2, 0.25) is 0 Å². The molecule has 0 aliphatic carbocycles. The van der Waals surface area contributed by atoms with Gasteiger partial charge in [-0.15, -0.1) is 0 Å². The lowest BCUT2D eigenvalue weighted by Gasteiger charge is -2.08. The van der Waals surface area contributed by atoms with Crippen LogP contribution in [-0.2, 0) is 20.1 Å². The molecule has 8 nitrogen and oxygen atoms in total. The van der Waals surface area contributed by atoms with Crippen LogP contribution in [0.5, 0.6) is 11.5 Å². The van der Waals surface area contributed by atoms with Gasteiger partial charge in [0, 0.05) is 0 Å². The number of methoxy groups -OCH3 is 1. The van der Waals surface area contributed by atoms with Gasteiger partial charge in [-0.25, -0.2) is 4.83 Å². The minimum atomic E-state index is -4.00. The van der Waals surface area contributed by atoms with Gasteiger partial charge in [0.1, 0.15) is 16.4 Å². The molecule has 0 aliphatic heterocycles. The zero-order valence-electron chi connectivity index (χ0n) is 16.7. The number of aryl methyl sites for hydroxylation is 1. The number of ether oxygens (including phenoxy) is 1. The van der Waals surface area contributed by atoms with Gasteiger partial charge < -0.3 is 8.92 Å². The van der Waals surface area contributed by atoms with E-state index in [0.717, 1.165) is 5.56 Å². The van der Waals surface area contributed by atoms with Crippen LogP contribution >= 0.6 is 0 Å². The Morgan fingerprint density at radius 2 is 1.32 bits per heavy atom. The molecule has 162 valence electrons. The molecule has 3 aromatic carbocycles. The number of rotatable bonds is 8. The van der Waals surface area contributed by atoms with E-state index in [1.807, 2.05) is 6.92 Å². The summed E-state index contributed by atoms with van der Waals surface area (Å²) < 4.78 is 59.2. The molecule has 0 saturated heterocycles. The average molecular weight is 461 g/mol. The van der Waals surface area contributed by atoms with E-state index in [2.05, 4.69) is 9.93 Å². The van der Waals surface area contributed by atoms with Crippen LogP contribution in [0.1, 0.15) is 11.1 Å². The second-order valence-corrected chi connectivity index (χ2v) is 9.66. The summed E-state index contributed by atoms with van der Waals surface area (Å²) in [6, 6.07) is 18.1. The molecular weight excluding hydrogens is 440 g/mol. The largest absolute Gasteiger partial charge is 0.497 e. The fraction of sp³-hybridized carbons (Fsp3) is 0.0952. The van der Waals surface area contributed by atoms with E-state index in [9.17, 15) is 16.8 Å². The van der Waals surface area contributed by atoms with Gasteiger partial charge >= 0.3 is 10.1 Å². The Labute approximate surface area is 181 Å². The summed E-state index contributed by atoms with van der Waals surface area (Å²) >= 11 is 0. The molecule has 0 aliphatic rings. The lowest BCUT2D eigenvalue weighted by atomic mass is 10.2. The summed E-state index contributed by atoms with van der Waals surface area (Å²) in [7, 11) is -6.29. The minimum absolute atomic E-state index is 0.00977. The van der Waals surface area contributed by atoms with Gasteiger partial charge in [-0.1, -0.05) is 17.7 Å². The Balaban J connectivity index is 1.65. The molecule has 0 amide bonds. The SMILES string of the molecule is COc1ccc(S(=O)(=O)Oc2ccc(/C=N\NS(=O)(=O)c3ccc(C)cc3)cc2)cc1. The number of hydrogen-bond acceptors (Lipinski definition) is 7. The molecule has 3 aromatic rings. The summed E-state index contributed by atoms with van der Waals surface area (Å²) in [6.45, 7) is 1.86. The van der Waals surface area contributed by atoms with Crippen molar-refractivity contribution in [2.24, 2.45) is 5.10 Å². The molecule has 0 unspecified atom stereocenters. The molecule has 3 rings (SSSR count). The normalized spacial score (nSPS) is 11.9. The first-order valence-electron chi connectivity index (χ1n) is 9.00. The molecule has 0 heterocycles. The average Bonchev–Trinajstić information content (AvgIpc) is 2.75. The molecule has 0 spiro atoms. The summed E-state index contributed by atoms with van der Waals surface area (Å²) in [4.78, 5) is 2.22. The topological polar surface area (TPSA) is 111 Å². The molecule has 0 atom stereocenters. The third kappa shape index (κ3) is 5.83. The quantitative estimate of drug-likeness (QED) is 0.314. The first kappa shape index (κ1) is 22.3. The highest BCUT2D eigenvalue weighted by Crippen LogP contribution is 2.21. The van der Waals surface area contributed by atoms with Gasteiger partial charge in [0.2, 0.25) is 0 Å². The molecule has 0 saturated carbocycles. The van der Waals surface area contributed by atoms with Gasteiger partial charge in [0.15, 0.2) is 0 Å². The molecule has 1 N–H and O–H groups in total. The van der Waals surface area contributed by atoms with Crippen molar-refractivity contribution in [3.05, 3.63) is 83.9 Å². The van der Waals surface area contributed by atoms with Crippen LogP contribution in [0.3, 0.4) is 0 Å². The Morgan fingerprint density at radius 3 is 1.90 bits per heavy atom. The number of hydrazone groups is 1. The Hall–Kier alpha value is -3.37. The maximum atomic E-state index is 12.4. The lowest BCUT2D eigenvalue weighted by Crippen LogP contribution is -2.18. The second-order valence-electron chi connectivity index (χ2n) is 6.45. The number of nitrogens with zero attached hydrogens (tertiary/aromatic N) is 1. The first-order chi connectivity index (χ1) is 14.7. The smallest absolute Gasteiger partial charge is 0.339 e. The molecule has 0 fully saturated rings. The third-order valence-electron chi connectivity index (χ3n) is 4.15. The fourth-order valence-corrected chi connectivity index (χ4v) is 4.19. The van der Waals surface area contributed by atoms with Crippen molar-refractivity contribution in [2.75, 3.05) is 7.11 Å². The summed E-state index contributed by atoms with van der Waals surface area (Å²) in [5, 5.41) is 3.75. The highest BCUT2D eigenvalue weighted by atomic mass is 32.2. The Bertz CT molecular complexity index is 1270. The number of hydrogen-bond donors (Lipinski definition) is 1. The molecule has 0 aromatic heterocycles. The van der Waals surface area contributed by atoms with Crippen molar-refractivity contribution in [3.8, 4) is 11.5 Å². The predicted octanol–water partition coefficient (Wildman–Crippen LogP) is 3.08. The van der Waals surface area contributed by atoms with Gasteiger partial charge in [-0.3, -0.25) is 0 Å². The molecule has 0 radical (unpaired) electrons. The van der Waals surface area contributed by atoms with Crippen LogP contribution < -0.4 is 13.8 Å². The van der Waals surface area contributed by atoms with E-state index in [1.165, 1.54) is 61.9 Å². The lowest BCUT2D eigenvalue weighted by molar-refractivity contribution is 0.414. The van der Waals surface area contributed by atoms with E-state index >= 15 is 0 Å². The zero-order chi connectivity index (χ0) is 22.5. The Morgan fingerprint density at radius 1 is 0.774 bits per heavy atom. The van der Waals surface area contributed by atoms with Gasteiger partial charge in [-0.2, -0.15) is 21.9 Å². The van der Waals surface area contributed by atoms with Crippen molar-refractivity contribution in [1.29, 1.82) is 0 Å². The van der Waals surface area contributed by atoms with Gasteiger partial charge in [0.25, 0.3) is 10.0 Å². The van der Waals surface area contributed by atoms with E-state index < -0.39 is 20.1 Å². The highest BCUT2D eigenvalue weighted by molar-refractivity contribution is 7.89. The van der Waals surface area contributed by atoms with E-state index in [1.54, 1.807) is 24.3 Å². The molecule has 10 heteroatoms. The summed E-state index contributed by atoms with van der Waals surface area (Å²) in [5.74, 6) is 0.633. The summed E-state index contributed by atoms with van der Waals surface area (Å²) in [6.07, 6.45) is 1.30. The number of nitrogens with one attached hydrogen (secondary N) is 1. The second kappa shape index (κ2) is 9.19. The van der Waals surface area contributed by atoms with Crippen LogP contribution in [0, 0.1) is 6.92 Å². The van der Waals surface area contributed by atoms with Crippen molar-refractivity contribution >= 4 is 26.4 Å². The van der Waals surface area contributed by atoms with Crippen molar-refractivity contribution in [2.45, 2.75) is 16.7 Å². The predicted molar refractivity (Wildman–Crippen MR) is 116 cm³/mol. The van der Waals surface area contributed by atoms with Gasteiger partial charge in [0.05, 0.1) is 18.2 Å². The van der Waals surface area contributed by atoms with Gasteiger partial charge in [-0.05, 0) is 73.2 Å². The fourth-order valence-electron chi connectivity index (χ4n) is 2.47. The molecule has 0 bridgehead atoms. The number of benzene rings is 3. The van der Waals surface area contributed by atoms with Crippen LogP contribution in [0.25, 0.3) is 0 Å². The third-order valence-corrected chi connectivity index (χ3v) is 6.65. The number of sulfonamides is 1. The monoisotopic (exact) mass is 460 g/mol. The van der Waals surface area contributed by atoms with Crippen molar-refractivity contribution in [3.63, 3.8) is 0 Å². The zero-order valence-corrected chi connectivity index (χ0v) is 18.4. The first-order valence-corrected chi connectivity index (χ1v) is 11.9. The Kier molecular flexibility index (Phi) is 6.62. The maximum Gasteiger partial charge on any atom is 0.339 e. The maximum absolute atomic E-state index is 12.4. The van der Waals surface area contributed by atoms with Crippen LogP contribution in [0.15, 0.2) is 87.7 Å². The van der Waals surface area contributed by atoms with Crippen molar-refractivity contribution in [1.82, 2.24) is 4.83 Å². The standard InChI is InChI=1S/C21H20N2O6S2/c1-16-3-11-20(12-4-16)30(24,25)23-22-15-17-5-7-19(8-6-17)29-31(26,27)21-13-9-18(28-2)10-14-21/h3-15,23H,1-2H3/b22-15-. The van der Waals surface area contributed by atoms with E-state index in [4.69, 9.17) is 8.92 Å².